The smallest absolute Gasteiger partial charge is 0.311 e. The van der Waals surface area contributed by atoms with Crippen LogP contribution in [0.5, 0.6) is 5.75 Å². The minimum absolute atomic E-state index is 0.0256. The van der Waals surface area contributed by atoms with Crippen molar-refractivity contribution in [3.05, 3.63) is 68.9 Å². The molecule has 8 nitrogen and oxygen atoms in total. The lowest BCUT2D eigenvalue weighted by Crippen LogP contribution is -2.16. The molecule has 1 amide bonds. The maximum atomic E-state index is 12.0. The van der Waals surface area contributed by atoms with Crippen LogP contribution in [0.25, 0.3) is 11.0 Å². The molecule has 9 heteroatoms. The van der Waals surface area contributed by atoms with Crippen LogP contribution >= 0.6 is 11.6 Å². The summed E-state index contributed by atoms with van der Waals surface area (Å²) in [5, 5.41) is 25.4. The first-order valence-electron chi connectivity index (χ1n) is 6.94. The highest BCUT2D eigenvalue weighted by Gasteiger charge is 2.15. The first-order valence-corrected chi connectivity index (χ1v) is 7.32. The summed E-state index contributed by atoms with van der Waals surface area (Å²) in [4.78, 5) is 22.1. The molecular formula is C16H10ClN3O5. The second-order valence-electron chi connectivity index (χ2n) is 4.96. The van der Waals surface area contributed by atoms with Crippen LogP contribution in [0.15, 0.2) is 52.0 Å². The van der Waals surface area contributed by atoms with E-state index < -0.39 is 22.3 Å². The van der Waals surface area contributed by atoms with E-state index in [1.165, 1.54) is 18.2 Å². The van der Waals surface area contributed by atoms with Gasteiger partial charge in [0.05, 0.1) is 11.1 Å². The Kier molecular flexibility index (Phi) is 4.36. The van der Waals surface area contributed by atoms with Gasteiger partial charge in [-0.1, -0.05) is 17.7 Å². The summed E-state index contributed by atoms with van der Waals surface area (Å²) < 4.78 is 5.38. The molecule has 126 valence electrons. The van der Waals surface area contributed by atoms with Gasteiger partial charge in [-0.2, -0.15) is 5.10 Å². The Balaban J connectivity index is 1.76. The largest absolute Gasteiger partial charge is 0.502 e. The fourth-order valence-corrected chi connectivity index (χ4v) is 2.32. The number of nitro groups is 1. The van der Waals surface area contributed by atoms with E-state index >= 15 is 0 Å². The summed E-state index contributed by atoms with van der Waals surface area (Å²) in [5.41, 5.74) is 2.35. The Bertz CT molecular complexity index is 1010. The Hall–Kier alpha value is -3.39. The lowest BCUT2D eigenvalue weighted by Gasteiger charge is -1.99. The average molecular weight is 360 g/mol. The number of hydrogen-bond donors (Lipinski definition) is 2. The summed E-state index contributed by atoms with van der Waals surface area (Å²) in [6.07, 6.45) is 1.10. The summed E-state index contributed by atoms with van der Waals surface area (Å²) in [7, 11) is 0. The predicted molar refractivity (Wildman–Crippen MR) is 91.0 cm³/mol. The highest BCUT2D eigenvalue weighted by atomic mass is 35.5. The van der Waals surface area contributed by atoms with E-state index in [0.29, 0.717) is 16.0 Å². The second kappa shape index (κ2) is 6.62. The van der Waals surface area contributed by atoms with Crippen LogP contribution in [0, 0.1) is 10.1 Å². The molecule has 0 atom stereocenters. The van der Waals surface area contributed by atoms with Crippen molar-refractivity contribution in [3.63, 3.8) is 0 Å². The van der Waals surface area contributed by atoms with Gasteiger partial charge in [0.25, 0.3) is 0 Å². The standard InChI is InChI=1S/C16H10ClN3O5/c17-11-4-5-13-10(6-11)7-14(25-13)16(22)19-18-8-9-2-1-3-12(15(9)21)20(23)24/h1-8,21H,(H,19,22)/b18-8+. The molecule has 3 rings (SSSR count). The Morgan fingerprint density at radius 3 is 2.88 bits per heavy atom. The number of nitrogens with zero attached hydrogens (tertiary/aromatic N) is 2. The molecular weight excluding hydrogens is 350 g/mol. The topological polar surface area (TPSA) is 118 Å². The third-order valence-corrected chi connectivity index (χ3v) is 3.55. The Morgan fingerprint density at radius 1 is 1.32 bits per heavy atom. The number of furan rings is 1. The van der Waals surface area contributed by atoms with Gasteiger partial charge < -0.3 is 9.52 Å². The van der Waals surface area contributed by atoms with Crippen molar-refractivity contribution in [3.8, 4) is 5.75 Å². The van der Waals surface area contributed by atoms with Crippen molar-refractivity contribution in [2.75, 3.05) is 0 Å². The van der Waals surface area contributed by atoms with Crippen LogP contribution in [0.1, 0.15) is 16.1 Å². The van der Waals surface area contributed by atoms with E-state index in [-0.39, 0.29) is 11.3 Å². The number of carbonyl (C=O) groups excluding carboxylic acids is 1. The summed E-state index contributed by atoms with van der Waals surface area (Å²) in [5.74, 6) is -1.13. The molecule has 1 aromatic heterocycles. The summed E-state index contributed by atoms with van der Waals surface area (Å²) in [6, 6.07) is 10.4. The molecule has 0 spiro atoms. The maximum absolute atomic E-state index is 12.0. The van der Waals surface area contributed by atoms with Gasteiger partial charge in [0.15, 0.2) is 5.76 Å². The van der Waals surface area contributed by atoms with Crippen molar-refractivity contribution in [1.82, 2.24) is 5.43 Å². The summed E-state index contributed by atoms with van der Waals surface area (Å²) >= 11 is 5.87. The van der Waals surface area contributed by atoms with E-state index in [1.54, 1.807) is 18.2 Å². The molecule has 25 heavy (non-hydrogen) atoms. The quantitative estimate of drug-likeness (QED) is 0.420. The van der Waals surface area contributed by atoms with Crippen molar-refractivity contribution in [1.29, 1.82) is 0 Å². The Labute approximate surface area is 145 Å². The number of nitrogens with one attached hydrogen (secondary N) is 1. The van der Waals surface area contributed by atoms with Gasteiger partial charge >= 0.3 is 11.6 Å². The van der Waals surface area contributed by atoms with E-state index in [1.807, 2.05) is 0 Å². The average Bonchev–Trinajstić information content (AvgIpc) is 2.99. The van der Waals surface area contributed by atoms with Crippen molar-refractivity contribution in [2.45, 2.75) is 0 Å². The maximum Gasteiger partial charge on any atom is 0.311 e. The normalized spacial score (nSPS) is 11.1. The fraction of sp³-hybridized carbons (Fsp3) is 0. The molecule has 0 unspecified atom stereocenters. The van der Waals surface area contributed by atoms with Crippen LogP contribution in [0.2, 0.25) is 5.02 Å². The second-order valence-corrected chi connectivity index (χ2v) is 5.40. The molecule has 2 N–H and O–H groups in total. The van der Waals surface area contributed by atoms with Crippen molar-refractivity contribution < 1.29 is 19.2 Å². The number of amides is 1. The van der Waals surface area contributed by atoms with Gasteiger partial charge in [-0.3, -0.25) is 14.9 Å². The molecule has 0 radical (unpaired) electrons. The van der Waals surface area contributed by atoms with Gasteiger partial charge in [0.2, 0.25) is 5.75 Å². The monoisotopic (exact) mass is 359 g/mol. The SMILES string of the molecule is O=C(N/N=C/c1cccc([N+](=O)[O-])c1O)c1cc2cc(Cl)ccc2o1. The first-order chi connectivity index (χ1) is 12.0. The van der Waals surface area contributed by atoms with E-state index in [2.05, 4.69) is 10.5 Å². The number of phenols is 1. The van der Waals surface area contributed by atoms with Crippen LogP contribution in [0.3, 0.4) is 0 Å². The van der Waals surface area contributed by atoms with Crippen molar-refractivity contribution >= 4 is 40.4 Å². The molecule has 2 aromatic carbocycles. The number of carbonyl (C=O) groups is 1. The van der Waals surface area contributed by atoms with E-state index in [4.69, 9.17) is 16.0 Å². The van der Waals surface area contributed by atoms with Crippen LogP contribution in [-0.2, 0) is 0 Å². The number of phenolic OH excluding ortho intramolecular Hbond substituents is 1. The molecule has 0 saturated carbocycles. The zero-order chi connectivity index (χ0) is 18.0. The molecule has 0 aliphatic heterocycles. The Morgan fingerprint density at radius 2 is 2.12 bits per heavy atom. The number of hydrazone groups is 1. The highest BCUT2D eigenvalue weighted by molar-refractivity contribution is 6.31. The third kappa shape index (κ3) is 3.43. The lowest BCUT2D eigenvalue weighted by atomic mass is 10.2. The number of rotatable bonds is 4. The molecule has 0 saturated heterocycles. The van der Waals surface area contributed by atoms with Gasteiger partial charge in [0, 0.05) is 22.0 Å². The fourth-order valence-electron chi connectivity index (χ4n) is 2.14. The summed E-state index contributed by atoms with van der Waals surface area (Å²) in [6.45, 7) is 0. The molecule has 0 fully saturated rings. The number of halogens is 1. The van der Waals surface area contributed by atoms with Gasteiger partial charge in [-0.15, -0.1) is 0 Å². The number of para-hydroxylation sites is 1. The van der Waals surface area contributed by atoms with E-state index in [9.17, 15) is 20.0 Å². The number of hydrogen-bond acceptors (Lipinski definition) is 6. The van der Waals surface area contributed by atoms with Crippen LogP contribution < -0.4 is 5.43 Å². The third-order valence-electron chi connectivity index (χ3n) is 3.31. The van der Waals surface area contributed by atoms with Crippen LogP contribution in [0.4, 0.5) is 5.69 Å². The number of fused-ring (bicyclic) bond motifs is 1. The van der Waals surface area contributed by atoms with Gasteiger partial charge in [-0.05, 0) is 30.3 Å². The molecule has 0 aliphatic rings. The molecule has 3 aromatic rings. The minimum atomic E-state index is -0.717. The lowest BCUT2D eigenvalue weighted by molar-refractivity contribution is -0.385. The molecule has 1 heterocycles. The molecule has 0 aliphatic carbocycles. The van der Waals surface area contributed by atoms with Gasteiger partial charge in [0.1, 0.15) is 5.58 Å². The first kappa shape index (κ1) is 16.5. The zero-order valence-electron chi connectivity index (χ0n) is 12.5. The van der Waals surface area contributed by atoms with E-state index in [0.717, 1.165) is 12.3 Å². The number of nitro benzene ring substituents is 1. The zero-order valence-corrected chi connectivity index (χ0v) is 13.2. The minimum Gasteiger partial charge on any atom is -0.502 e. The number of aromatic hydroxyl groups is 1. The van der Waals surface area contributed by atoms with Crippen LogP contribution in [-0.4, -0.2) is 22.2 Å². The highest BCUT2D eigenvalue weighted by Crippen LogP contribution is 2.28. The molecule has 0 bridgehead atoms. The van der Waals surface area contributed by atoms with Gasteiger partial charge in [-0.25, -0.2) is 5.43 Å². The number of benzene rings is 2. The predicted octanol–water partition coefficient (Wildman–Crippen LogP) is 3.46. The van der Waals surface area contributed by atoms with Crippen molar-refractivity contribution in [2.24, 2.45) is 5.10 Å².